The van der Waals surface area contributed by atoms with Crippen LogP contribution in [0.5, 0.6) is 0 Å². The van der Waals surface area contributed by atoms with E-state index in [1.807, 2.05) is 0 Å². The highest BCUT2D eigenvalue weighted by atomic mass is 19.1. The second-order valence-electron chi connectivity index (χ2n) is 4.95. The van der Waals surface area contributed by atoms with Gasteiger partial charge in [-0.25, -0.2) is 23.2 Å². The lowest BCUT2D eigenvalue weighted by atomic mass is 10.2. The second-order valence-corrected chi connectivity index (χ2v) is 4.95. The average molecular weight is 364 g/mol. The normalized spacial score (nSPS) is 10.0. The molecular weight excluding hydrogens is 350 g/mol. The van der Waals surface area contributed by atoms with Gasteiger partial charge in [-0.3, -0.25) is 0 Å². The topological polar surface area (TPSA) is 93.7 Å². The van der Waals surface area contributed by atoms with Crippen LogP contribution in [-0.4, -0.2) is 32.2 Å². The van der Waals surface area contributed by atoms with E-state index in [9.17, 15) is 23.2 Å². The Morgan fingerprint density at radius 2 is 1.15 bits per heavy atom. The van der Waals surface area contributed by atoms with E-state index < -0.39 is 29.6 Å². The molecule has 2 rings (SSSR count). The van der Waals surface area contributed by atoms with Gasteiger partial charge in [-0.15, -0.1) is 0 Å². The predicted molar refractivity (Wildman–Crippen MR) is 88.1 cm³/mol. The Morgan fingerprint density at radius 3 is 1.50 bits per heavy atom. The summed E-state index contributed by atoms with van der Waals surface area (Å²) in [5.41, 5.74) is -0.587. The van der Waals surface area contributed by atoms with Gasteiger partial charge in [-0.05, 0) is 36.4 Å². The highest BCUT2D eigenvalue weighted by Crippen LogP contribution is 2.20. The van der Waals surface area contributed by atoms with Crippen molar-refractivity contribution in [2.45, 2.75) is 0 Å². The molecule has 0 aliphatic rings. The summed E-state index contributed by atoms with van der Waals surface area (Å²) in [6, 6.07) is 5.48. The molecule has 0 fully saturated rings. The fourth-order valence-electron chi connectivity index (χ4n) is 2.01. The lowest BCUT2D eigenvalue weighted by Gasteiger charge is -2.11. The number of methoxy groups -OCH3 is 2. The van der Waals surface area contributed by atoms with Crippen LogP contribution in [-0.2, 0) is 9.47 Å². The van der Waals surface area contributed by atoms with Crippen molar-refractivity contribution >= 4 is 29.3 Å². The summed E-state index contributed by atoms with van der Waals surface area (Å²) in [6.45, 7) is 0. The number of ether oxygens (including phenoxy) is 2. The molecule has 2 aromatic carbocycles. The first-order valence-electron chi connectivity index (χ1n) is 7.19. The number of rotatable bonds is 4. The first-order valence-corrected chi connectivity index (χ1v) is 7.19. The van der Waals surface area contributed by atoms with Gasteiger partial charge in [0.1, 0.15) is 11.6 Å². The van der Waals surface area contributed by atoms with Crippen molar-refractivity contribution < 1.29 is 32.6 Å². The van der Waals surface area contributed by atoms with Crippen molar-refractivity contribution in [3.05, 3.63) is 59.2 Å². The zero-order valence-electron chi connectivity index (χ0n) is 13.8. The van der Waals surface area contributed by atoms with Gasteiger partial charge in [0.15, 0.2) is 0 Å². The number of hydrogen-bond donors (Lipinski definition) is 2. The molecule has 0 saturated carbocycles. The van der Waals surface area contributed by atoms with Crippen LogP contribution < -0.4 is 10.6 Å². The third kappa shape index (κ3) is 4.32. The zero-order valence-corrected chi connectivity index (χ0v) is 13.8. The predicted octanol–water partition coefficient (Wildman–Crippen LogP) is 3.18. The van der Waals surface area contributed by atoms with Gasteiger partial charge < -0.3 is 20.1 Å². The summed E-state index contributed by atoms with van der Waals surface area (Å²) in [4.78, 5) is 34.9. The largest absolute Gasteiger partial charge is 0.465 e. The number of carbonyl (C=O) groups is 3. The van der Waals surface area contributed by atoms with Gasteiger partial charge in [0.2, 0.25) is 0 Å². The summed E-state index contributed by atoms with van der Waals surface area (Å²) in [6.07, 6.45) is 0. The van der Waals surface area contributed by atoms with Crippen LogP contribution in [0.4, 0.5) is 25.0 Å². The molecule has 2 aromatic rings. The number of esters is 2. The molecule has 9 heteroatoms. The van der Waals surface area contributed by atoms with E-state index in [1.54, 1.807) is 0 Å². The highest BCUT2D eigenvalue weighted by molar-refractivity contribution is 6.01. The molecule has 2 N–H and O–H groups in total. The van der Waals surface area contributed by atoms with Crippen LogP contribution in [0.3, 0.4) is 0 Å². The van der Waals surface area contributed by atoms with Gasteiger partial charge in [-0.1, -0.05) is 0 Å². The van der Waals surface area contributed by atoms with E-state index in [0.717, 1.165) is 38.5 Å². The minimum absolute atomic E-state index is 0.0167. The Bertz CT molecular complexity index is 801. The summed E-state index contributed by atoms with van der Waals surface area (Å²) in [5, 5.41) is 4.30. The van der Waals surface area contributed by atoms with Gasteiger partial charge >= 0.3 is 18.0 Å². The molecule has 0 unspecified atom stereocenters. The van der Waals surface area contributed by atoms with E-state index in [-0.39, 0.29) is 22.5 Å². The van der Waals surface area contributed by atoms with Gasteiger partial charge in [0, 0.05) is 0 Å². The van der Waals surface area contributed by atoms with E-state index in [4.69, 9.17) is 0 Å². The number of halogens is 2. The minimum atomic E-state index is -0.980. The molecule has 0 spiro atoms. The SMILES string of the molecule is COC(=O)c1ccc(F)c(NC(=O)Nc2cc(C(=O)OC)ccc2F)c1. The molecule has 0 atom stereocenters. The Labute approximate surface area is 146 Å². The summed E-state index contributed by atoms with van der Waals surface area (Å²) >= 11 is 0. The van der Waals surface area contributed by atoms with Crippen LogP contribution in [0.15, 0.2) is 36.4 Å². The van der Waals surface area contributed by atoms with Crippen LogP contribution in [0, 0.1) is 11.6 Å². The van der Waals surface area contributed by atoms with Crippen molar-refractivity contribution in [2.24, 2.45) is 0 Å². The second kappa shape index (κ2) is 8.06. The number of benzene rings is 2. The molecule has 0 saturated heterocycles. The fraction of sp³-hybridized carbons (Fsp3) is 0.118. The van der Waals surface area contributed by atoms with Crippen LogP contribution in [0.2, 0.25) is 0 Å². The molecule has 0 aliphatic heterocycles. The fourth-order valence-corrected chi connectivity index (χ4v) is 2.01. The molecule has 0 aromatic heterocycles. The molecule has 0 radical (unpaired) electrons. The van der Waals surface area contributed by atoms with E-state index in [0.29, 0.717) is 0 Å². The maximum atomic E-state index is 13.8. The smallest absolute Gasteiger partial charge is 0.337 e. The molecule has 7 nitrogen and oxygen atoms in total. The molecule has 26 heavy (non-hydrogen) atoms. The van der Waals surface area contributed by atoms with Crippen LogP contribution >= 0.6 is 0 Å². The summed E-state index contributed by atoms with van der Waals surface area (Å²) in [7, 11) is 2.31. The van der Waals surface area contributed by atoms with E-state index in [1.165, 1.54) is 12.1 Å². The number of anilines is 2. The monoisotopic (exact) mass is 364 g/mol. The number of nitrogens with one attached hydrogen (secondary N) is 2. The first kappa shape index (κ1) is 18.8. The molecule has 136 valence electrons. The highest BCUT2D eigenvalue weighted by Gasteiger charge is 2.15. The van der Waals surface area contributed by atoms with Crippen molar-refractivity contribution in [3.8, 4) is 0 Å². The van der Waals surface area contributed by atoms with E-state index in [2.05, 4.69) is 20.1 Å². The molecular formula is C17H14F2N2O5. The lowest BCUT2D eigenvalue weighted by molar-refractivity contribution is 0.0592. The minimum Gasteiger partial charge on any atom is -0.465 e. The van der Waals surface area contributed by atoms with Gasteiger partial charge in [-0.2, -0.15) is 0 Å². The molecule has 0 bridgehead atoms. The lowest BCUT2D eigenvalue weighted by Crippen LogP contribution is -2.21. The standard InChI is InChI=1S/C17H14F2N2O5/c1-25-15(22)9-3-5-11(18)13(7-9)20-17(24)21-14-8-10(16(23)26-2)4-6-12(14)19/h3-8H,1-2H3,(H2,20,21,24). The number of amides is 2. The Morgan fingerprint density at radius 1 is 0.769 bits per heavy atom. The molecule has 0 heterocycles. The van der Waals surface area contributed by atoms with Crippen molar-refractivity contribution in [1.29, 1.82) is 0 Å². The van der Waals surface area contributed by atoms with Crippen molar-refractivity contribution in [3.63, 3.8) is 0 Å². The number of carbonyl (C=O) groups excluding carboxylic acids is 3. The zero-order chi connectivity index (χ0) is 19.3. The third-order valence-corrected chi connectivity index (χ3v) is 3.27. The van der Waals surface area contributed by atoms with Crippen molar-refractivity contribution in [2.75, 3.05) is 24.9 Å². The van der Waals surface area contributed by atoms with E-state index >= 15 is 0 Å². The number of hydrogen-bond acceptors (Lipinski definition) is 5. The summed E-state index contributed by atoms with van der Waals surface area (Å²) in [5.74, 6) is -3.05. The maximum absolute atomic E-state index is 13.8. The summed E-state index contributed by atoms with van der Waals surface area (Å²) < 4.78 is 36.6. The van der Waals surface area contributed by atoms with Crippen LogP contribution in [0.25, 0.3) is 0 Å². The number of urea groups is 1. The van der Waals surface area contributed by atoms with Crippen LogP contribution in [0.1, 0.15) is 20.7 Å². The maximum Gasteiger partial charge on any atom is 0.337 e. The first-order chi connectivity index (χ1) is 12.3. The quantitative estimate of drug-likeness (QED) is 0.813. The Kier molecular flexibility index (Phi) is 5.84. The van der Waals surface area contributed by atoms with Crippen molar-refractivity contribution in [1.82, 2.24) is 0 Å². The third-order valence-electron chi connectivity index (χ3n) is 3.27. The van der Waals surface area contributed by atoms with Gasteiger partial charge in [0.25, 0.3) is 0 Å². The Hall–Kier alpha value is -3.49. The average Bonchev–Trinajstić information content (AvgIpc) is 2.63. The van der Waals surface area contributed by atoms with Gasteiger partial charge in [0.05, 0.1) is 36.7 Å². The Balaban J connectivity index is 2.19. The molecule has 0 aliphatic carbocycles. The molecule has 2 amide bonds.